The number of nitrogens with zero attached hydrogens (tertiary/aromatic N) is 1. The van der Waals surface area contributed by atoms with E-state index >= 15 is 0 Å². The molecule has 2 heteroatoms. The van der Waals surface area contributed by atoms with Crippen LogP contribution >= 0.6 is 0 Å². The maximum atomic E-state index is 8.17. The molecular weight excluding hydrogens is 102 g/mol. The van der Waals surface area contributed by atoms with Gasteiger partial charge in [0.05, 0.1) is 7.11 Å². The molecule has 0 aliphatic heterocycles. The standard InChI is InChI=1S/C6H7NO/c1-3-4-6(5-7)8-2/h3-4H,1H2,2H3. The largest absolute Gasteiger partial charge is 0.487 e. The van der Waals surface area contributed by atoms with Crippen LogP contribution in [0.15, 0.2) is 24.5 Å². The molecule has 0 saturated carbocycles. The zero-order valence-corrected chi connectivity index (χ0v) is 4.72. The molecule has 2 nitrogen and oxygen atoms in total. The summed E-state index contributed by atoms with van der Waals surface area (Å²) in [5.74, 6) is 0.278. The molecule has 0 amide bonds. The molecule has 0 fully saturated rings. The van der Waals surface area contributed by atoms with Gasteiger partial charge in [-0.05, 0) is 6.08 Å². The summed E-state index contributed by atoms with van der Waals surface area (Å²) in [6.07, 6.45) is 3.00. The molecule has 8 heavy (non-hydrogen) atoms. The Hall–Kier alpha value is -1.23. The fourth-order valence-electron chi connectivity index (χ4n) is 0.258. The van der Waals surface area contributed by atoms with Gasteiger partial charge in [-0.3, -0.25) is 0 Å². The van der Waals surface area contributed by atoms with Crippen LogP contribution < -0.4 is 0 Å². The maximum absolute atomic E-state index is 8.17. The van der Waals surface area contributed by atoms with Crippen molar-refractivity contribution >= 4 is 0 Å². The van der Waals surface area contributed by atoms with Gasteiger partial charge >= 0.3 is 0 Å². The highest BCUT2D eigenvalue weighted by Gasteiger charge is 1.83. The van der Waals surface area contributed by atoms with Crippen LogP contribution in [0.5, 0.6) is 0 Å². The molecule has 0 atom stereocenters. The molecular formula is C6H7NO. The highest BCUT2D eigenvalue weighted by molar-refractivity contribution is 5.17. The van der Waals surface area contributed by atoms with Gasteiger partial charge in [0, 0.05) is 0 Å². The predicted molar refractivity (Wildman–Crippen MR) is 30.9 cm³/mol. The van der Waals surface area contributed by atoms with Crippen molar-refractivity contribution < 1.29 is 4.74 Å². The minimum atomic E-state index is 0.278. The lowest BCUT2D eigenvalue weighted by Crippen LogP contribution is -1.78. The van der Waals surface area contributed by atoms with Crippen LogP contribution in [0.25, 0.3) is 0 Å². The van der Waals surface area contributed by atoms with E-state index in [-0.39, 0.29) is 5.76 Å². The Morgan fingerprint density at radius 3 is 2.62 bits per heavy atom. The molecule has 0 radical (unpaired) electrons. The van der Waals surface area contributed by atoms with Crippen LogP contribution in [-0.4, -0.2) is 7.11 Å². The number of hydrogen-bond acceptors (Lipinski definition) is 2. The smallest absolute Gasteiger partial charge is 0.196 e. The van der Waals surface area contributed by atoms with Gasteiger partial charge in [0.2, 0.25) is 0 Å². The quantitative estimate of drug-likeness (QED) is 0.303. The lowest BCUT2D eigenvalue weighted by Gasteiger charge is -1.88. The van der Waals surface area contributed by atoms with Crippen LogP contribution in [0.1, 0.15) is 0 Å². The van der Waals surface area contributed by atoms with E-state index < -0.39 is 0 Å². The number of rotatable bonds is 2. The Kier molecular flexibility index (Phi) is 3.34. The Balaban J connectivity index is 3.91. The van der Waals surface area contributed by atoms with E-state index in [4.69, 9.17) is 5.26 Å². The second kappa shape index (κ2) is 3.94. The Morgan fingerprint density at radius 1 is 1.88 bits per heavy atom. The van der Waals surface area contributed by atoms with Crippen molar-refractivity contribution in [2.75, 3.05) is 7.11 Å². The molecule has 0 aromatic rings. The average molecular weight is 109 g/mol. The van der Waals surface area contributed by atoms with Gasteiger partial charge in [0.15, 0.2) is 5.76 Å². The number of nitriles is 1. The first-order valence-corrected chi connectivity index (χ1v) is 2.12. The van der Waals surface area contributed by atoms with Crippen LogP contribution in [0.4, 0.5) is 0 Å². The summed E-state index contributed by atoms with van der Waals surface area (Å²) >= 11 is 0. The fraction of sp³-hybridized carbons (Fsp3) is 0.167. The summed E-state index contributed by atoms with van der Waals surface area (Å²) in [5, 5.41) is 8.17. The van der Waals surface area contributed by atoms with Crippen LogP contribution in [-0.2, 0) is 4.74 Å². The van der Waals surface area contributed by atoms with Gasteiger partial charge in [0.1, 0.15) is 6.07 Å². The Morgan fingerprint density at radius 2 is 2.50 bits per heavy atom. The zero-order valence-electron chi connectivity index (χ0n) is 4.72. The van der Waals surface area contributed by atoms with Gasteiger partial charge in [-0.2, -0.15) is 5.26 Å². The second-order valence-corrected chi connectivity index (χ2v) is 1.08. The van der Waals surface area contributed by atoms with E-state index in [2.05, 4.69) is 11.3 Å². The SMILES string of the molecule is C=CC=C(C#N)OC. The Bertz CT molecular complexity index is 141. The second-order valence-electron chi connectivity index (χ2n) is 1.08. The van der Waals surface area contributed by atoms with E-state index in [9.17, 15) is 0 Å². The van der Waals surface area contributed by atoms with Crippen molar-refractivity contribution in [2.45, 2.75) is 0 Å². The third-order valence-electron chi connectivity index (χ3n) is 0.599. The molecule has 0 spiro atoms. The predicted octanol–water partition coefficient (Wildman–Crippen LogP) is 1.23. The van der Waals surface area contributed by atoms with E-state index in [1.807, 2.05) is 6.07 Å². The summed E-state index contributed by atoms with van der Waals surface area (Å²) in [6.45, 7) is 3.39. The third-order valence-corrected chi connectivity index (χ3v) is 0.599. The van der Waals surface area contributed by atoms with Crippen molar-refractivity contribution in [3.05, 3.63) is 24.5 Å². The lowest BCUT2D eigenvalue weighted by atomic mass is 10.5. The van der Waals surface area contributed by atoms with Crippen LogP contribution in [0.3, 0.4) is 0 Å². The average Bonchev–Trinajstić information content (AvgIpc) is 1.83. The zero-order chi connectivity index (χ0) is 6.41. The maximum Gasteiger partial charge on any atom is 0.196 e. The third kappa shape index (κ3) is 2.04. The molecule has 0 saturated heterocycles. The first kappa shape index (κ1) is 6.77. The molecule has 0 aromatic heterocycles. The van der Waals surface area contributed by atoms with Crippen LogP contribution in [0, 0.1) is 11.3 Å². The molecule has 0 aromatic carbocycles. The minimum Gasteiger partial charge on any atom is -0.487 e. The molecule has 0 aliphatic rings. The van der Waals surface area contributed by atoms with Gasteiger partial charge in [-0.25, -0.2) is 0 Å². The molecule has 0 N–H and O–H groups in total. The summed E-state index contributed by atoms with van der Waals surface area (Å²) in [7, 11) is 1.44. The molecule has 0 heterocycles. The molecule has 0 unspecified atom stereocenters. The first-order valence-electron chi connectivity index (χ1n) is 2.12. The van der Waals surface area contributed by atoms with Crippen molar-refractivity contribution in [3.63, 3.8) is 0 Å². The van der Waals surface area contributed by atoms with Gasteiger partial charge in [-0.1, -0.05) is 12.7 Å². The summed E-state index contributed by atoms with van der Waals surface area (Å²) in [6, 6.07) is 1.82. The van der Waals surface area contributed by atoms with Gasteiger partial charge in [0.25, 0.3) is 0 Å². The lowest BCUT2D eigenvalue weighted by molar-refractivity contribution is 0.310. The number of methoxy groups -OCH3 is 1. The topological polar surface area (TPSA) is 33.0 Å². The van der Waals surface area contributed by atoms with Crippen molar-refractivity contribution in [1.29, 1.82) is 5.26 Å². The molecule has 0 aliphatic carbocycles. The molecule has 42 valence electrons. The minimum absolute atomic E-state index is 0.278. The van der Waals surface area contributed by atoms with Crippen molar-refractivity contribution in [1.82, 2.24) is 0 Å². The molecule has 0 bridgehead atoms. The van der Waals surface area contributed by atoms with Crippen LogP contribution in [0.2, 0.25) is 0 Å². The first-order chi connectivity index (χ1) is 3.85. The van der Waals surface area contributed by atoms with E-state index in [0.717, 1.165) is 0 Å². The summed E-state index contributed by atoms with van der Waals surface area (Å²) in [4.78, 5) is 0. The van der Waals surface area contributed by atoms with E-state index in [0.29, 0.717) is 0 Å². The molecule has 0 rings (SSSR count). The van der Waals surface area contributed by atoms with Crippen molar-refractivity contribution in [3.8, 4) is 6.07 Å². The van der Waals surface area contributed by atoms with E-state index in [1.54, 1.807) is 0 Å². The summed E-state index contributed by atoms with van der Waals surface area (Å²) < 4.78 is 4.57. The van der Waals surface area contributed by atoms with Crippen molar-refractivity contribution in [2.24, 2.45) is 0 Å². The number of allylic oxidation sites excluding steroid dienone is 3. The summed E-state index contributed by atoms with van der Waals surface area (Å²) in [5.41, 5.74) is 0. The van der Waals surface area contributed by atoms with Gasteiger partial charge < -0.3 is 4.74 Å². The highest BCUT2D eigenvalue weighted by Crippen LogP contribution is 1.89. The Labute approximate surface area is 48.7 Å². The number of hydrogen-bond donors (Lipinski definition) is 0. The van der Waals surface area contributed by atoms with E-state index in [1.165, 1.54) is 19.3 Å². The number of ether oxygens (including phenoxy) is 1. The fourth-order valence-corrected chi connectivity index (χ4v) is 0.258. The highest BCUT2D eigenvalue weighted by atomic mass is 16.5. The van der Waals surface area contributed by atoms with Gasteiger partial charge in [-0.15, -0.1) is 0 Å². The monoisotopic (exact) mass is 109 g/mol. The normalized spacial score (nSPS) is 9.75.